The van der Waals surface area contributed by atoms with Crippen molar-refractivity contribution >= 4 is 18.0 Å². The minimum absolute atomic E-state index is 0.0460. The van der Waals surface area contributed by atoms with Gasteiger partial charge in [0.2, 0.25) is 0 Å². The molecule has 1 amide bonds. The van der Waals surface area contributed by atoms with Crippen molar-refractivity contribution in [3.63, 3.8) is 0 Å². The van der Waals surface area contributed by atoms with E-state index in [9.17, 15) is 14.4 Å². The van der Waals surface area contributed by atoms with Crippen LogP contribution in [0.1, 0.15) is 54.9 Å². The molecule has 0 bridgehead atoms. The molecule has 7 nitrogen and oxygen atoms in total. The summed E-state index contributed by atoms with van der Waals surface area (Å²) in [5, 5.41) is 2.59. The van der Waals surface area contributed by atoms with Crippen molar-refractivity contribution in [3.05, 3.63) is 0 Å². The molecule has 0 saturated heterocycles. The molecule has 0 spiro atoms. The third kappa shape index (κ3) is 6.08. The lowest BCUT2D eigenvalue weighted by Gasteiger charge is -2.27. The molecule has 0 unspecified atom stereocenters. The van der Waals surface area contributed by atoms with E-state index in [-0.39, 0.29) is 12.5 Å². The van der Waals surface area contributed by atoms with Crippen molar-refractivity contribution in [2.75, 3.05) is 6.61 Å². The zero-order valence-corrected chi connectivity index (χ0v) is 14.9. The fourth-order valence-electron chi connectivity index (χ4n) is 2.06. The van der Waals surface area contributed by atoms with Crippen molar-refractivity contribution in [2.24, 2.45) is 5.92 Å². The molecule has 132 valence electrons. The van der Waals surface area contributed by atoms with Gasteiger partial charge in [0.25, 0.3) is 0 Å². The Morgan fingerprint density at radius 2 is 1.57 bits per heavy atom. The molecule has 1 fully saturated rings. The summed E-state index contributed by atoms with van der Waals surface area (Å²) in [4.78, 5) is 35.4. The summed E-state index contributed by atoms with van der Waals surface area (Å²) in [6.45, 7) is 11.8. The fraction of sp³-hybridized carbons (Fsp3) is 0.812. The first-order valence-electron chi connectivity index (χ1n) is 7.63. The summed E-state index contributed by atoms with van der Waals surface area (Å²) in [6.07, 6.45) is -0.359. The number of esters is 2. The fourth-order valence-corrected chi connectivity index (χ4v) is 2.06. The maximum Gasteiger partial charge on any atom is 0.408 e. The van der Waals surface area contributed by atoms with Crippen LogP contribution in [-0.2, 0) is 23.8 Å². The minimum Gasteiger partial charge on any atom is -0.465 e. The maximum atomic E-state index is 12.5. The Morgan fingerprint density at radius 1 is 1.04 bits per heavy atom. The van der Waals surface area contributed by atoms with Crippen LogP contribution in [-0.4, -0.2) is 41.4 Å². The van der Waals surface area contributed by atoms with E-state index in [1.165, 1.54) is 6.92 Å². The van der Waals surface area contributed by atoms with E-state index in [2.05, 4.69) is 5.32 Å². The first kappa shape index (κ1) is 19.3. The van der Waals surface area contributed by atoms with Crippen LogP contribution in [0.2, 0.25) is 0 Å². The molecule has 1 rings (SSSR count). The molecule has 0 radical (unpaired) electrons. The molecule has 1 saturated carbocycles. The van der Waals surface area contributed by atoms with E-state index in [1.807, 2.05) is 0 Å². The predicted octanol–water partition coefficient (Wildman–Crippen LogP) is 2.17. The number of ether oxygens (including phenoxy) is 3. The van der Waals surface area contributed by atoms with Gasteiger partial charge in [0, 0.05) is 12.8 Å². The molecule has 0 aromatic carbocycles. The van der Waals surface area contributed by atoms with Crippen molar-refractivity contribution < 1.29 is 28.6 Å². The van der Waals surface area contributed by atoms with Gasteiger partial charge in [-0.05, 0) is 48.0 Å². The normalized spacial score (nSPS) is 23.7. The molecule has 0 aliphatic heterocycles. The van der Waals surface area contributed by atoms with Gasteiger partial charge in [-0.3, -0.25) is 4.79 Å². The Bertz CT molecular complexity index is 488. The average molecular weight is 329 g/mol. The topological polar surface area (TPSA) is 90.9 Å². The van der Waals surface area contributed by atoms with Crippen molar-refractivity contribution in [2.45, 2.75) is 71.6 Å². The molecule has 1 aliphatic carbocycles. The largest absolute Gasteiger partial charge is 0.465 e. The molecule has 0 aromatic heterocycles. The number of carbonyl (C=O) groups excluding carboxylic acids is 3. The lowest BCUT2D eigenvalue weighted by atomic mass is 10.1. The molecule has 0 heterocycles. The highest BCUT2D eigenvalue weighted by atomic mass is 16.6. The van der Waals surface area contributed by atoms with Gasteiger partial charge in [-0.2, -0.15) is 0 Å². The summed E-state index contributed by atoms with van der Waals surface area (Å²) < 4.78 is 15.5. The molecule has 1 N–H and O–H groups in total. The highest BCUT2D eigenvalue weighted by molar-refractivity contribution is 5.90. The molecule has 2 atom stereocenters. The second kappa shape index (κ2) is 6.37. The highest BCUT2D eigenvalue weighted by Gasteiger charge is 2.64. The Balaban J connectivity index is 2.81. The monoisotopic (exact) mass is 329 g/mol. The van der Waals surface area contributed by atoms with E-state index in [0.717, 1.165) is 0 Å². The van der Waals surface area contributed by atoms with Crippen molar-refractivity contribution in [1.29, 1.82) is 0 Å². The molecule has 1 aliphatic rings. The van der Waals surface area contributed by atoms with Crippen molar-refractivity contribution in [3.8, 4) is 0 Å². The number of carbonyl (C=O) groups is 3. The third-order valence-electron chi connectivity index (χ3n) is 3.08. The summed E-state index contributed by atoms with van der Waals surface area (Å²) >= 11 is 0. The van der Waals surface area contributed by atoms with E-state index >= 15 is 0 Å². The highest BCUT2D eigenvalue weighted by Crippen LogP contribution is 2.45. The maximum absolute atomic E-state index is 12.5. The Morgan fingerprint density at radius 3 is 2.00 bits per heavy atom. The molecule has 23 heavy (non-hydrogen) atoms. The second-order valence-electron chi connectivity index (χ2n) is 7.80. The van der Waals surface area contributed by atoms with Gasteiger partial charge >= 0.3 is 18.0 Å². The number of nitrogens with one attached hydrogen (secondary N) is 1. The summed E-state index contributed by atoms with van der Waals surface area (Å²) in [5.41, 5.74) is -2.57. The SMILES string of the molecule is CC(=O)OC[C@@H]1C[C@@]1(NC(=O)OC(C)(C)C)C(=O)OC(C)(C)C. The summed E-state index contributed by atoms with van der Waals surface area (Å²) in [5.74, 6) is -1.31. The Kier molecular flexibility index (Phi) is 5.34. The van der Waals surface area contributed by atoms with Gasteiger partial charge in [0.1, 0.15) is 16.7 Å². The Labute approximate surface area is 137 Å². The van der Waals surface area contributed by atoms with Crippen LogP contribution < -0.4 is 5.32 Å². The van der Waals surface area contributed by atoms with E-state index in [1.54, 1.807) is 41.5 Å². The zero-order chi connectivity index (χ0) is 18.1. The van der Waals surface area contributed by atoms with Crippen LogP contribution in [0.25, 0.3) is 0 Å². The quantitative estimate of drug-likeness (QED) is 0.628. The van der Waals surface area contributed by atoms with Gasteiger partial charge in [-0.1, -0.05) is 0 Å². The van der Waals surface area contributed by atoms with Crippen LogP contribution >= 0.6 is 0 Å². The smallest absolute Gasteiger partial charge is 0.408 e. The summed E-state index contributed by atoms with van der Waals surface area (Å²) in [6, 6.07) is 0. The number of hydrogen-bond donors (Lipinski definition) is 1. The lowest BCUT2D eigenvalue weighted by molar-refractivity contribution is -0.160. The van der Waals surface area contributed by atoms with Gasteiger partial charge in [0.15, 0.2) is 0 Å². The van der Waals surface area contributed by atoms with E-state index < -0.39 is 34.8 Å². The van der Waals surface area contributed by atoms with Crippen LogP contribution in [0.4, 0.5) is 4.79 Å². The van der Waals surface area contributed by atoms with Gasteiger partial charge in [-0.15, -0.1) is 0 Å². The number of rotatable bonds is 4. The zero-order valence-electron chi connectivity index (χ0n) is 14.9. The van der Waals surface area contributed by atoms with E-state index in [0.29, 0.717) is 6.42 Å². The predicted molar refractivity (Wildman–Crippen MR) is 82.7 cm³/mol. The van der Waals surface area contributed by atoms with Gasteiger partial charge in [-0.25, -0.2) is 9.59 Å². The van der Waals surface area contributed by atoms with Crippen LogP contribution in [0.5, 0.6) is 0 Å². The van der Waals surface area contributed by atoms with Crippen LogP contribution in [0, 0.1) is 5.92 Å². The average Bonchev–Trinajstić information content (AvgIpc) is 2.96. The summed E-state index contributed by atoms with van der Waals surface area (Å²) in [7, 11) is 0. The van der Waals surface area contributed by atoms with Gasteiger partial charge < -0.3 is 19.5 Å². The standard InChI is InChI=1S/C16H27NO6/c1-10(18)21-9-11-8-16(11,12(19)22-14(2,3)4)17-13(20)23-15(5,6)7/h11H,8-9H2,1-7H3,(H,17,20)/t11-,16-/m0/s1. The number of amides is 1. The van der Waals surface area contributed by atoms with Crippen LogP contribution in [0.3, 0.4) is 0 Å². The number of alkyl carbamates (subject to hydrolysis) is 1. The minimum atomic E-state index is -1.20. The Hall–Kier alpha value is -1.79. The number of hydrogen-bond acceptors (Lipinski definition) is 6. The molecule has 7 heteroatoms. The molecular formula is C16H27NO6. The first-order valence-corrected chi connectivity index (χ1v) is 7.63. The van der Waals surface area contributed by atoms with Gasteiger partial charge in [0.05, 0.1) is 6.61 Å². The van der Waals surface area contributed by atoms with Crippen LogP contribution in [0.15, 0.2) is 0 Å². The third-order valence-corrected chi connectivity index (χ3v) is 3.08. The lowest BCUT2D eigenvalue weighted by Crippen LogP contribution is -2.49. The second-order valence-corrected chi connectivity index (χ2v) is 7.80. The first-order chi connectivity index (χ1) is 10.3. The molecular weight excluding hydrogens is 302 g/mol. The van der Waals surface area contributed by atoms with Crippen molar-refractivity contribution in [1.82, 2.24) is 5.32 Å². The molecule has 0 aromatic rings. The van der Waals surface area contributed by atoms with E-state index in [4.69, 9.17) is 14.2 Å².